The van der Waals surface area contributed by atoms with E-state index in [0.29, 0.717) is 25.7 Å². The summed E-state index contributed by atoms with van der Waals surface area (Å²) in [6.45, 7) is 0.738. The Morgan fingerprint density at radius 3 is 2.50 bits per heavy atom. The zero-order valence-electron chi connectivity index (χ0n) is 11.7. The monoisotopic (exact) mass is 277 g/mol. The molecule has 2 fully saturated rings. The minimum Gasteiger partial charge on any atom is -0.508 e. The van der Waals surface area contributed by atoms with E-state index in [9.17, 15) is 15.3 Å². The van der Waals surface area contributed by atoms with Gasteiger partial charge in [-0.2, -0.15) is 0 Å². The lowest BCUT2D eigenvalue weighted by Gasteiger charge is -2.54. The highest BCUT2D eigenvalue weighted by molar-refractivity contribution is 5.27. The number of phenols is 1. The second kappa shape index (κ2) is 5.02. The third-order valence-corrected chi connectivity index (χ3v) is 5.09. The maximum atomic E-state index is 11.1. The predicted molar refractivity (Wildman–Crippen MR) is 76.6 cm³/mol. The summed E-state index contributed by atoms with van der Waals surface area (Å²) in [7, 11) is 0. The molecule has 4 nitrogen and oxygen atoms in total. The molecule has 3 rings (SSSR count). The van der Waals surface area contributed by atoms with Crippen molar-refractivity contribution in [3.8, 4) is 5.75 Å². The second-order valence-electron chi connectivity index (χ2n) is 6.29. The molecule has 110 valence electrons. The fourth-order valence-corrected chi connectivity index (χ4v) is 3.83. The van der Waals surface area contributed by atoms with Crippen molar-refractivity contribution in [2.75, 3.05) is 6.54 Å². The Labute approximate surface area is 119 Å². The van der Waals surface area contributed by atoms with E-state index in [-0.39, 0.29) is 11.8 Å². The molecule has 0 amide bonds. The Bertz CT molecular complexity index is 471. The normalized spacial score (nSPS) is 37.4. The smallest absolute Gasteiger partial charge is 0.115 e. The molecule has 0 spiro atoms. The van der Waals surface area contributed by atoms with Gasteiger partial charge in [0.05, 0.1) is 5.60 Å². The van der Waals surface area contributed by atoms with Gasteiger partial charge in [-0.25, -0.2) is 0 Å². The van der Waals surface area contributed by atoms with Gasteiger partial charge in [-0.15, -0.1) is 0 Å². The van der Waals surface area contributed by atoms with E-state index in [0.717, 1.165) is 24.9 Å². The van der Waals surface area contributed by atoms with Gasteiger partial charge in [-0.1, -0.05) is 25.0 Å². The maximum Gasteiger partial charge on any atom is 0.115 e. The first-order valence-corrected chi connectivity index (χ1v) is 7.50. The SMILES string of the molecule is Oc1ccc(C[C@@H]2NCC[C@@]3(O)CCCC[C@]23O)cc1. The Balaban J connectivity index is 1.82. The van der Waals surface area contributed by atoms with Crippen molar-refractivity contribution < 1.29 is 15.3 Å². The molecular formula is C16H23NO3. The van der Waals surface area contributed by atoms with Crippen molar-refractivity contribution in [2.24, 2.45) is 0 Å². The number of aliphatic hydroxyl groups is 2. The van der Waals surface area contributed by atoms with E-state index >= 15 is 0 Å². The summed E-state index contributed by atoms with van der Waals surface area (Å²) < 4.78 is 0. The predicted octanol–water partition coefficient (Wildman–Crippen LogP) is 1.33. The van der Waals surface area contributed by atoms with Crippen molar-refractivity contribution in [1.29, 1.82) is 0 Å². The van der Waals surface area contributed by atoms with Crippen molar-refractivity contribution in [1.82, 2.24) is 5.32 Å². The molecule has 1 saturated heterocycles. The van der Waals surface area contributed by atoms with E-state index in [1.807, 2.05) is 12.1 Å². The van der Waals surface area contributed by atoms with Crippen LogP contribution < -0.4 is 5.32 Å². The molecule has 20 heavy (non-hydrogen) atoms. The quantitative estimate of drug-likeness (QED) is 0.658. The summed E-state index contributed by atoms with van der Waals surface area (Å²) >= 11 is 0. The summed E-state index contributed by atoms with van der Waals surface area (Å²) in [6.07, 6.45) is 4.59. The van der Waals surface area contributed by atoms with Crippen LogP contribution in [0.1, 0.15) is 37.7 Å². The van der Waals surface area contributed by atoms with Crippen molar-refractivity contribution >= 4 is 0 Å². The van der Waals surface area contributed by atoms with Gasteiger partial charge in [0.2, 0.25) is 0 Å². The Morgan fingerprint density at radius 2 is 1.75 bits per heavy atom. The van der Waals surface area contributed by atoms with E-state index in [1.165, 1.54) is 0 Å². The highest BCUT2D eigenvalue weighted by Gasteiger charge is 2.56. The van der Waals surface area contributed by atoms with E-state index in [2.05, 4.69) is 5.32 Å². The molecule has 1 heterocycles. The third kappa shape index (κ3) is 2.22. The van der Waals surface area contributed by atoms with Crippen LogP contribution in [0.5, 0.6) is 5.75 Å². The molecule has 0 aromatic heterocycles. The number of piperidine rings is 1. The highest BCUT2D eigenvalue weighted by Crippen LogP contribution is 2.44. The zero-order chi connectivity index (χ0) is 14.2. The fourth-order valence-electron chi connectivity index (χ4n) is 3.83. The summed E-state index contributed by atoms with van der Waals surface area (Å²) in [6, 6.07) is 6.93. The molecule has 0 unspecified atom stereocenters. The van der Waals surface area contributed by atoms with Gasteiger partial charge >= 0.3 is 0 Å². The molecule has 0 bridgehead atoms. The molecule has 1 saturated carbocycles. The minimum absolute atomic E-state index is 0.133. The Kier molecular flexibility index (Phi) is 3.48. The van der Waals surface area contributed by atoms with Gasteiger partial charge in [0.25, 0.3) is 0 Å². The summed E-state index contributed by atoms with van der Waals surface area (Å²) in [4.78, 5) is 0. The molecule has 2 aliphatic rings. The van der Waals surface area contributed by atoms with Gasteiger partial charge in [0.1, 0.15) is 11.4 Å². The van der Waals surface area contributed by atoms with Gasteiger partial charge in [0, 0.05) is 6.04 Å². The average Bonchev–Trinajstić information content (AvgIpc) is 2.43. The van der Waals surface area contributed by atoms with Gasteiger partial charge in [0.15, 0.2) is 0 Å². The van der Waals surface area contributed by atoms with Crippen molar-refractivity contribution in [3.05, 3.63) is 29.8 Å². The Morgan fingerprint density at radius 1 is 1.05 bits per heavy atom. The van der Waals surface area contributed by atoms with Gasteiger partial charge < -0.3 is 20.6 Å². The van der Waals surface area contributed by atoms with Crippen LogP contribution in [-0.2, 0) is 6.42 Å². The highest BCUT2D eigenvalue weighted by atomic mass is 16.4. The lowest BCUT2D eigenvalue weighted by molar-refractivity contribution is -0.207. The second-order valence-corrected chi connectivity index (χ2v) is 6.29. The maximum absolute atomic E-state index is 11.1. The number of phenolic OH excluding ortho intramolecular Hbond substituents is 1. The molecule has 0 radical (unpaired) electrons. The summed E-state index contributed by atoms with van der Waals surface area (Å²) in [5.41, 5.74) is -0.928. The number of nitrogens with one attached hydrogen (secondary N) is 1. The van der Waals surface area contributed by atoms with Gasteiger partial charge in [-0.05, 0) is 49.9 Å². The summed E-state index contributed by atoms with van der Waals surface area (Å²) in [5, 5.41) is 34.6. The third-order valence-electron chi connectivity index (χ3n) is 5.09. The molecule has 1 aromatic carbocycles. The lowest BCUT2D eigenvalue weighted by Crippen LogP contribution is -2.71. The lowest BCUT2D eigenvalue weighted by atomic mass is 9.63. The van der Waals surface area contributed by atoms with Crippen LogP contribution in [0.3, 0.4) is 0 Å². The number of hydrogen-bond donors (Lipinski definition) is 4. The van der Waals surface area contributed by atoms with Crippen LogP contribution in [0.2, 0.25) is 0 Å². The zero-order valence-corrected chi connectivity index (χ0v) is 11.7. The van der Waals surface area contributed by atoms with E-state index in [1.54, 1.807) is 12.1 Å². The first kappa shape index (κ1) is 13.9. The van der Waals surface area contributed by atoms with Crippen LogP contribution in [-0.4, -0.2) is 39.1 Å². The number of aromatic hydroxyl groups is 1. The average molecular weight is 277 g/mol. The largest absolute Gasteiger partial charge is 0.508 e. The standard InChI is InChI=1S/C16H23NO3/c18-13-5-3-12(4-6-13)11-14-16(20)8-2-1-7-15(16,19)9-10-17-14/h3-6,14,17-20H,1-2,7-11H2/t14-,15-,16-/m0/s1. The first-order chi connectivity index (χ1) is 9.53. The van der Waals surface area contributed by atoms with Crippen molar-refractivity contribution in [2.45, 2.75) is 55.8 Å². The van der Waals surface area contributed by atoms with Crippen LogP contribution in [0.4, 0.5) is 0 Å². The molecular weight excluding hydrogens is 254 g/mol. The molecule has 4 N–H and O–H groups in total. The molecule has 1 aliphatic heterocycles. The number of hydrogen-bond acceptors (Lipinski definition) is 4. The molecule has 1 aromatic rings. The van der Waals surface area contributed by atoms with Crippen molar-refractivity contribution in [3.63, 3.8) is 0 Å². The number of rotatable bonds is 2. The number of benzene rings is 1. The number of fused-ring (bicyclic) bond motifs is 1. The summed E-state index contributed by atoms with van der Waals surface area (Å²) in [5.74, 6) is 0.248. The minimum atomic E-state index is -1.04. The van der Waals surface area contributed by atoms with Crippen LogP contribution in [0.15, 0.2) is 24.3 Å². The van der Waals surface area contributed by atoms with Crippen LogP contribution >= 0.6 is 0 Å². The molecule has 4 heteroatoms. The van der Waals surface area contributed by atoms with Crippen LogP contribution in [0, 0.1) is 0 Å². The fraction of sp³-hybridized carbons (Fsp3) is 0.625. The van der Waals surface area contributed by atoms with Crippen LogP contribution in [0.25, 0.3) is 0 Å². The van der Waals surface area contributed by atoms with E-state index < -0.39 is 11.2 Å². The molecule has 3 atom stereocenters. The van der Waals surface area contributed by atoms with Gasteiger partial charge in [-0.3, -0.25) is 0 Å². The molecule has 1 aliphatic carbocycles. The Hall–Kier alpha value is -1.10. The van der Waals surface area contributed by atoms with E-state index in [4.69, 9.17) is 0 Å². The topological polar surface area (TPSA) is 72.7 Å². The first-order valence-electron chi connectivity index (χ1n) is 7.50.